The van der Waals surface area contributed by atoms with E-state index < -0.39 is 0 Å². The predicted molar refractivity (Wildman–Crippen MR) is 104 cm³/mol. The third-order valence-corrected chi connectivity index (χ3v) is 5.99. The van der Waals surface area contributed by atoms with Gasteiger partial charge in [-0.05, 0) is 50.7 Å². The van der Waals surface area contributed by atoms with Crippen LogP contribution in [0.4, 0.5) is 0 Å². The highest BCUT2D eigenvalue weighted by atomic mass is 32.1. The van der Waals surface area contributed by atoms with Gasteiger partial charge in [0.05, 0.1) is 12.5 Å². The number of hydrogen-bond acceptors (Lipinski definition) is 5. The lowest BCUT2D eigenvalue weighted by Gasteiger charge is -2.29. The first-order chi connectivity index (χ1) is 12.6. The van der Waals surface area contributed by atoms with Crippen molar-refractivity contribution in [2.75, 3.05) is 27.2 Å². The molecule has 1 fully saturated rings. The summed E-state index contributed by atoms with van der Waals surface area (Å²) in [6, 6.07) is 7.58. The molecule has 0 atom stereocenters. The van der Waals surface area contributed by atoms with E-state index in [4.69, 9.17) is 4.74 Å². The van der Waals surface area contributed by atoms with Gasteiger partial charge in [0.15, 0.2) is 0 Å². The maximum atomic E-state index is 13.2. The Morgan fingerprint density at radius 2 is 2.00 bits per heavy atom. The van der Waals surface area contributed by atoms with Gasteiger partial charge in [0.25, 0.3) is 5.56 Å². The second-order valence-corrected chi connectivity index (χ2v) is 7.60. The standard InChI is InChI=1S/C19H21N3O3S/c1-21-8-6-13(7-9-21)22-18(23)16-15(11-26-17(16)20-19(22)24)12-4-3-5-14(10-12)25-2/h3-5,10-11,13H,6-9H2,1-2H3,(H,20,24). The number of aromatic nitrogens is 2. The summed E-state index contributed by atoms with van der Waals surface area (Å²) < 4.78 is 6.72. The number of methoxy groups -OCH3 is 1. The van der Waals surface area contributed by atoms with E-state index >= 15 is 0 Å². The number of benzene rings is 1. The molecule has 6 nitrogen and oxygen atoms in total. The van der Waals surface area contributed by atoms with Crippen molar-refractivity contribution >= 4 is 21.6 Å². The summed E-state index contributed by atoms with van der Waals surface area (Å²) in [6.07, 6.45) is 1.62. The molecule has 0 aliphatic carbocycles. The number of hydrogen-bond donors (Lipinski definition) is 1. The zero-order valence-corrected chi connectivity index (χ0v) is 15.6. The quantitative estimate of drug-likeness (QED) is 0.769. The van der Waals surface area contributed by atoms with Crippen LogP contribution in [0.15, 0.2) is 39.2 Å². The summed E-state index contributed by atoms with van der Waals surface area (Å²) in [5.74, 6) is 0.738. The molecule has 2 aromatic heterocycles. The Morgan fingerprint density at radius 1 is 1.23 bits per heavy atom. The van der Waals surface area contributed by atoms with Gasteiger partial charge in [0.1, 0.15) is 10.6 Å². The number of nitrogens with one attached hydrogen (secondary N) is 1. The maximum absolute atomic E-state index is 13.2. The van der Waals surface area contributed by atoms with Crippen molar-refractivity contribution in [2.24, 2.45) is 0 Å². The van der Waals surface area contributed by atoms with E-state index in [-0.39, 0.29) is 17.3 Å². The van der Waals surface area contributed by atoms with Crippen LogP contribution >= 0.6 is 11.3 Å². The van der Waals surface area contributed by atoms with E-state index in [1.54, 1.807) is 7.11 Å². The van der Waals surface area contributed by atoms with Gasteiger partial charge in [-0.3, -0.25) is 14.3 Å². The van der Waals surface area contributed by atoms with Crippen molar-refractivity contribution in [1.82, 2.24) is 14.5 Å². The van der Waals surface area contributed by atoms with Gasteiger partial charge < -0.3 is 9.64 Å². The predicted octanol–water partition coefficient (Wildman–Crippen LogP) is 2.69. The molecule has 1 saturated heterocycles. The SMILES string of the molecule is COc1cccc(-c2csc3[nH]c(=O)n(C4CCN(C)CC4)c(=O)c23)c1. The van der Waals surface area contributed by atoms with Crippen molar-refractivity contribution in [3.63, 3.8) is 0 Å². The van der Waals surface area contributed by atoms with E-state index in [0.29, 0.717) is 10.2 Å². The lowest BCUT2D eigenvalue weighted by Crippen LogP contribution is -2.42. The molecule has 3 aromatic rings. The maximum Gasteiger partial charge on any atom is 0.329 e. The highest BCUT2D eigenvalue weighted by Gasteiger charge is 2.23. The summed E-state index contributed by atoms with van der Waals surface area (Å²) in [4.78, 5) is 31.6. The summed E-state index contributed by atoms with van der Waals surface area (Å²) in [7, 11) is 3.68. The zero-order chi connectivity index (χ0) is 18.3. The highest BCUT2D eigenvalue weighted by Crippen LogP contribution is 2.32. The molecular weight excluding hydrogens is 350 g/mol. The fraction of sp³-hybridized carbons (Fsp3) is 0.368. The highest BCUT2D eigenvalue weighted by molar-refractivity contribution is 7.17. The van der Waals surface area contributed by atoms with E-state index in [1.807, 2.05) is 29.6 Å². The van der Waals surface area contributed by atoms with Crippen LogP contribution in [0.1, 0.15) is 18.9 Å². The minimum atomic E-state index is -0.309. The van der Waals surface area contributed by atoms with E-state index in [1.165, 1.54) is 15.9 Å². The van der Waals surface area contributed by atoms with Crippen LogP contribution in [0.5, 0.6) is 5.75 Å². The van der Waals surface area contributed by atoms with Crippen LogP contribution in [0.25, 0.3) is 21.3 Å². The lowest BCUT2D eigenvalue weighted by molar-refractivity contribution is 0.216. The molecule has 7 heteroatoms. The second kappa shape index (κ2) is 6.74. The fourth-order valence-corrected chi connectivity index (χ4v) is 4.57. The van der Waals surface area contributed by atoms with Gasteiger partial charge in [0.2, 0.25) is 0 Å². The monoisotopic (exact) mass is 371 g/mol. The molecule has 0 unspecified atom stereocenters. The molecule has 4 rings (SSSR count). The Balaban J connectivity index is 1.88. The van der Waals surface area contributed by atoms with Crippen LogP contribution < -0.4 is 16.0 Å². The summed E-state index contributed by atoms with van der Waals surface area (Å²) in [5, 5.41) is 2.51. The minimum absolute atomic E-state index is 0.0510. The largest absolute Gasteiger partial charge is 0.497 e. The first-order valence-electron chi connectivity index (χ1n) is 8.67. The van der Waals surface area contributed by atoms with Crippen LogP contribution in [-0.2, 0) is 0 Å². The molecule has 3 heterocycles. The van der Waals surface area contributed by atoms with Crippen molar-refractivity contribution in [3.8, 4) is 16.9 Å². The molecule has 0 amide bonds. The molecule has 26 heavy (non-hydrogen) atoms. The first-order valence-corrected chi connectivity index (χ1v) is 9.55. The number of fused-ring (bicyclic) bond motifs is 1. The van der Waals surface area contributed by atoms with Crippen molar-refractivity contribution in [1.29, 1.82) is 0 Å². The summed E-state index contributed by atoms with van der Waals surface area (Å²) >= 11 is 1.39. The molecule has 136 valence electrons. The Kier molecular flexibility index (Phi) is 4.42. The van der Waals surface area contributed by atoms with Crippen molar-refractivity contribution in [2.45, 2.75) is 18.9 Å². The van der Waals surface area contributed by atoms with Crippen molar-refractivity contribution < 1.29 is 4.74 Å². The van der Waals surface area contributed by atoms with Gasteiger partial charge in [-0.15, -0.1) is 11.3 Å². The smallest absolute Gasteiger partial charge is 0.329 e. The average Bonchev–Trinajstić information content (AvgIpc) is 3.07. The summed E-state index contributed by atoms with van der Waals surface area (Å²) in [5.41, 5.74) is 1.25. The fourth-order valence-electron chi connectivity index (χ4n) is 3.62. The Labute approximate surface area is 154 Å². The molecule has 1 aliphatic heterocycles. The van der Waals surface area contributed by atoms with Gasteiger partial charge >= 0.3 is 5.69 Å². The van der Waals surface area contributed by atoms with Gasteiger partial charge in [-0.1, -0.05) is 12.1 Å². The normalized spacial score (nSPS) is 16.2. The Bertz CT molecular complexity index is 1060. The number of aromatic amines is 1. The lowest BCUT2D eigenvalue weighted by atomic mass is 10.0. The second-order valence-electron chi connectivity index (χ2n) is 6.73. The molecular formula is C19H21N3O3S. The van der Waals surface area contributed by atoms with Crippen molar-refractivity contribution in [3.05, 3.63) is 50.5 Å². The van der Waals surface area contributed by atoms with Crippen LogP contribution in [-0.4, -0.2) is 41.7 Å². The molecule has 1 aliphatic rings. The number of H-pyrrole nitrogens is 1. The number of ether oxygens (including phenoxy) is 1. The summed E-state index contributed by atoms with van der Waals surface area (Å²) in [6.45, 7) is 1.78. The molecule has 0 saturated carbocycles. The van der Waals surface area contributed by atoms with Crippen LogP contribution in [0.2, 0.25) is 0 Å². The number of thiophene rings is 1. The third-order valence-electron chi connectivity index (χ3n) is 5.10. The Hall–Kier alpha value is -2.38. The first kappa shape index (κ1) is 17.1. The number of rotatable bonds is 3. The minimum Gasteiger partial charge on any atom is -0.497 e. The van der Waals surface area contributed by atoms with Gasteiger partial charge in [0, 0.05) is 17.0 Å². The van der Waals surface area contributed by atoms with Gasteiger partial charge in [-0.2, -0.15) is 0 Å². The molecule has 1 N–H and O–H groups in total. The van der Waals surface area contributed by atoms with Crippen LogP contribution in [0.3, 0.4) is 0 Å². The molecule has 0 radical (unpaired) electrons. The van der Waals surface area contributed by atoms with Gasteiger partial charge in [-0.25, -0.2) is 4.79 Å². The van der Waals surface area contributed by atoms with E-state index in [2.05, 4.69) is 16.9 Å². The van der Waals surface area contributed by atoms with E-state index in [0.717, 1.165) is 42.8 Å². The molecule has 0 bridgehead atoms. The third kappa shape index (κ3) is 2.87. The average molecular weight is 371 g/mol. The number of nitrogens with zero attached hydrogens (tertiary/aromatic N) is 2. The number of likely N-dealkylation sites (tertiary alicyclic amines) is 1. The van der Waals surface area contributed by atoms with Crippen LogP contribution in [0, 0.1) is 0 Å². The molecule has 0 spiro atoms. The number of piperidine rings is 1. The topological polar surface area (TPSA) is 67.3 Å². The molecule has 1 aromatic carbocycles. The Morgan fingerprint density at radius 3 is 2.73 bits per heavy atom. The van der Waals surface area contributed by atoms with E-state index in [9.17, 15) is 9.59 Å². The zero-order valence-electron chi connectivity index (χ0n) is 14.8.